The average molecular weight is 480 g/mol. The highest BCUT2D eigenvalue weighted by atomic mass is 19.1. The summed E-state index contributed by atoms with van der Waals surface area (Å²) in [4.78, 5) is 43.6. The van der Waals surface area contributed by atoms with Crippen LogP contribution in [0, 0.1) is 5.82 Å². The third-order valence-electron chi connectivity index (χ3n) is 5.37. The Balaban J connectivity index is 1.51. The number of fused-ring (bicyclic) bond motifs is 1. The van der Waals surface area contributed by atoms with Gasteiger partial charge in [-0.1, -0.05) is 18.2 Å². The van der Waals surface area contributed by atoms with Gasteiger partial charge in [0.2, 0.25) is 5.91 Å². The lowest BCUT2D eigenvalue weighted by atomic mass is 10.1. The number of halogens is 1. The van der Waals surface area contributed by atoms with Crippen LogP contribution in [0.1, 0.15) is 19.4 Å². The molecule has 9 nitrogen and oxygen atoms in total. The molecule has 0 aliphatic heterocycles. The van der Waals surface area contributed by atoms with Gasteiger partial charge in [-0.05, 0) is 49.2 Å². The Hall–Kier alpha value is -4.34. The van der Waals surface area contributed by atoms with Crippen LogP contribution in [-0.2, 0) is 17.9 Å². The standard InChI is InChI=1S/C25H25FN4O5/c1-3-34-19-10-5-15(11-20(19)35-4-2)12-27-21(31)14-30-24(32)23-22(29-25(30)33)18(13-28-23)16-6-8-17(26)9-7-16/h5-11,13,28H,3-4,12,14H2,1-2H3,(H,27,31)(H,29,33). The van der Waals surface area contributed by atoms with Gasteiger partial charge in [0.05, 0.1) is 18.7 Å². The van der Waals surface area contributed by atoms with Crippen molar-refractivity contribution in [2.24, 2.45) is 0 Å². The minimum atomic E-state index is -0.722. The van der Waals surface area contributed by atoms with Crippen molar-refractivity contribution >= 4 is 16.9 Å². The number of hydrogen-bond donors (Lipinski definition) is 3. The number of carbonyl (C=O) groups excluding carboxylic acids is 1. The first-order valence-electron chi connectivity index (χ1n) is 11.2. The summed E-state index contributed by atoms with van der Waals surface area (Å²) < 4.78 is 25.2. The zero-order chi connectivity index (χ0) is 24.9. The zero-order valence-electron chi connectivity index (χ0n) is 19.3. The molecule has 0 unspecified atom stereocenters. The molecule has 4 aromatic rings. The van der Waals surface area contributed by atoms with Crippen LogP contribution in [0.5, 0.6) is 11.5 Å². The summed E-state index contributed by atoms with van der Waals surface area (Å²) in [7, 11) is 0. The molecule has 0 aliphatic carbocycles. The number of hydrogen-bond acceptors (Lipinski definition) is 5. The highest BCUT2D eigenvalue weighted by molar-refractivity contribution is 5.91. The van der Waals surface area contributed by atoms with E-state index in [0.717, 1.165) is 10.1 Å². The maximum atomic E-state index is 13.3. The number of rotatable bonds is 9. The van der Waals surface area contributed by atoms with E-state index < -0.39 is 29.5 Å². The van der Waals surface area contributed by atoms with Gasteiger partial charge in [0.15, 0.2) is 11.5 Å². The molecule has 2 aromatic carbocycles. The molecule has 2 aromatic heterocycles. The van der Waals surface area contributed by atoms with Crippen molar-refractivity contribution in [3.63, 3.8) is 0 Å². The number of aromatic amines is 2. The van der Waals surface area contributed by atoms with Gasteiger partial charge in [-0.15, -0.1) is 0 Å². The summed E-state index contributed by atoms with van der Waals surface area (Å²) in [6.45, 7) is 4.42. The van der Waals surface area contributed by atoms with Crippen molar-refractivity contribution in [3.8, 4) is 22.6 Å². The molecule has 0 aliphatic rings. The summed E-state index contributed by atoms with van der Waals surface area (Å²) >= 11 is 0. The largest absolute Gasteiger partial charge is 0.490 e. The van der Waals surface area contributed by atoms with Crippen molar-refractivity contribution < 1.29 is 18.7 Å². The molecular formula is C25H25FN4O5. The van der Waals surface area contributed by atoms with E-state index in [-0.39, 0.29) is 12.1 Å². The highest BCUT2D eigenvalue weighted by Gasteiger charge is 2.16. The molecule has 3 N–H and O–H groups in total. The van der Waals surface area contributed by atoms with Gasteiger partial charge in [-0.3, -0.25) is 9.59 Å². The predicted octanol–water partition coefficient (Wildman–Crippen LogP) is 2.94. The summed E-state index contributed by atoms with van der Waals surface area (Å²) in [5, 5.41) is 2.71. The van der Waals surface area contributed by atoms with Crippen LogP contribution in [-0.4, -0.2) is 33.7 Å². The fourth-order valence-electron chi connectivity index (χ4n) is 3.73. The van der Waals surface area contributed by atoms with Gasteiger partial charge >= 0.3 is 5.69 Å². The lowest BCUT2D eigenvalue weighted by Crippen LogP contribution is -2.40. The van der Waals surface area contributed by atoms with Crippen LogP contribution < -0.4 is 26.0 Å². The molecule has 2 heterocycles. The molecule has 0 saturated heterocycles. The number of nitrogens with zero attached hydrogens (tertiary/aromatic N) is 1. The molecule has 35 heavy (non-hydrogen) atoms. The van der Waals surface area contributed by atoms with Gasteiger partial charge in [-0.25, -0.2) is 13.8 Å². The molecule has 0 atom stereocenters. The van der Waals surface area contributed by atoms with E-state index in [1.54, 1.807) is 36.5 Å². The number of benzene rings is 2. The second-order valence-electron chi connectivity index (χ2n) is 7.70. The predicted molar refractivity (Wildman–Crippen MR) is 129 cm³/mol. The molecule has 10 heteroatoms. The van der Waals surface area contributed by atoms with Crippen LogP contribution >= 0.6 is 0 Å². The first kappa shape index (κ1) is 23.8. The molecule has 0 saturated carbocycles. The molecule has 0 fully saturated rings. The number of ether oxygens (including phenoxy) is 2. The minimum Gasteiger partial charge on any atom is -0.490 e. The number of H-pyrrole nitrogens is 2. The Labute approximate surface area is 199 Å². The third kappa shape index (κ3) is 5.11. The van der Waals surface area contributed by atoms with Crippen molar-refractivity contribution in [2.45, 2.75) is 26.9 Å². The van der Waals surface area contributed by atoms with Crippen molar-refractivity contribution in [1.82, 2.24) is 19.9 Å². The lowest BCUT2D eigenvalue weighted by Gasteiger charge is -2.13. The first-order valence-corrected chi connectivity index (χ1v) is 11.2. The van der Waals surface area contributed by atoms with Crippen LogP contribution in [0.2, 0.25) is 0 Å². The normalized spacial score (nSPS) is 10.9. The molecule has 4 rings (SSSR count). The zero-order valence-corrected chi connectivity index (χ0v) is 19.3. The van der Waals surface area contributed by atoms with Crippen LogP contribution in [0.3, 0.4) is 0 Å². The monoisotopic (exact) mass is 480 g/mol. The van der Waals surface area contributed by atoms with Crippen molar-refractivity contribution in [1.29, 1.82) is 0 Å². The Morgan fingerprint density at radius 1 is 1.00 bits per heavy atom. The summed E-state index contributed by atoms with van der Waals surface area (Å²) in [6.07, 6.45) is 1.56. The molecular weight excluding hydrogens is 455 g/mol. The van der Waals surface area contributed by atoms with Crippen LogP contribution in [0.15, 0.2) is 58.3 Å². The van der Waals surface area contributed by atoms with Gasteiger partial charge in [0, 0.05) is 18.3 Å². The summed E-state index contributed by atoms with van der Waals surface area (Å²) in [6, 6.07) is 11.0. The quantitative estimate of drug-likeness (QED) is 0.340. The smallest absolute Gasteiger partial charge is 0.329 e. The maximum Gasteiger partial charge on any atom is 0.329 e. The van der Waals surface area contributed by atoms with Gasteiger partial charge in [0.25, 0.3) is 5.56 Å². The minimum absolute atomic E-state index is 0.143. The van der Waals surface area contributed by atoms with Crippen LogP contribution in [0.25, 0.3) is 22.2 Å². The summed E-state index contributed by atoms with van der Waals surface area (Å²) in [5.74, 6) is 0.286. The summed E-state index contributed by atoms with van der Waals surface area (Å²) in [5.41, 5.74) is 1.03. The van der Waals surface area contributed by atoms with Crippen molar-refractivity contribution in [3.05, 3.63) is 80.9 Å². The average Bonchev–Trinajstić information content (AvgIpc) is 3.26. The van der Waals surface area contributed by atoms with E-state index in [1.165, 1.54) is 12.1 Å². The highest BCUT2D eigenvalue weighted by Crippen LogP contribution is 2.28. The van der Waals surface area contributed by atoms with Gasteiger partial charge < -0.3 is 24.8 Å². The first-order chi connectivity index (χ1) is 16.9. The fourth-order valence-corrected chi connectivity index (χ4v) is 3.73. The number of amides is 1. The Kier molecular flexibility index (Phi) is 7.00. The molecule has 0 bridgehead atoms. The molecule has 0 spiro atoms. The third-order valence-corrected chi connectivity index (χ3v) is 5.37. The number of aromatic nitrogens is 3. The van der Waals surface area contributed by atoms with Crippen LogP contribution in [0.4, 0.5) is 4.39 Å². The Bertz CT molecular complexity index is 1470. The van der Waals surface area contributed by atoms with Gasteiger partial charge in [0.1, 0.15) is 17.9 Å². The number of nitrogens with one attached hydrogen (secondary N) is 3. The molecule has 182 valence electrons. The SMILES string of the molecule is CCOc1ccc(CNC(=O)Cn2c(=O)[nH]c3c(-c4ccc(F)cc4)c[nH]c3c2=O)cc1OCC. The Morgan fingerprint density at radius 3 is 2.43 bits per heavy atom. The number of carbonyl (C=O) groups is 1. The second kappa shape index (κ2) is 10.3. The second-order valence-corrected chi connectivity index (χ2v) is 7.70. The topological polar surface area (TPSA) is 118 Å². The van der Waals surface area contributed by atoms with E-state index in [2.05, 4.69) is 15.3 Å². The van der Waals surface area contributed by atoms with E-state index in [1.807, 2.05) is 13.8 Å². The van der Waals surface area contributed by atoms with E-state index in [0.29, 0.717) is 41.4 Å². The lowest BCUT2D eigenvalue weighted by molar-refractivity contribution is -0.121. The van der Waals surface area contributed by atoms with Crippen molar-refractivity contribution in [2.75, 3.05) is 13.2 Å². The van der Waals surface area contributed by atoms with E-state index in [9.17, 15) is 18.8 Å². The van der Waals surface area contributed by atoms with Gasteiger partial charge in [-0.2, -0.15) is 0 Å². The van der Waals surface area contributed by atoms with E-state index >= 15 is 0 Å². The fraction of sp³-hybridized carbons (Fsp3) is 0.240. The maximum absolute atomic E-state index is 13.3. The molecule has 1 amide bonds. The van der Waals surface area contributed by atoms with E-state index in [4.69, 9.17) is 9.47 Å². The molecule has 0 radical (unpaired) electrons. The Morgan fingerprint density at radius 2 is 1.71 bits per heavy atom.